The molecule has 1 aromatic rings. The van der Waals surface area contributed by atoms with Crippen LogP contribution in [-0.2, 0) is 6.54 Å². The van der Waals surface area contributed by atoms with Crippen LogP contribution >= 0.6 is 0 Å². The quantitative estimate of drug-likeness (QED) is 0.808. The van der Waals surface area contributed by atoms with Crippen LogP contribution in [-0.4, -0.2) is 26.6 Å². The summed E-state index contributed by atoms with van der Waals surface area (Å²) in [4.78, 5) is 18.8. The molecule has 5 nitrogen and oxygen atoms in total. The van der Waals surface area contributed by atoms with Gasteiger partial charge in [-0.25, -0.2) is 14.8 Å². The third-order valence-electron chi connectivity index (χ3n) is 3.33. The van der Waals surface area contributed by atoms with Gasteiger partial charge >= 0.3 is 5.97 Å². The monoisotopic (exact) mass is 235 g/mol. The number of nitrogens with zero attached hydrogens (tertiary/aromatic N) is 2. The summed E-state index contributed by atoms with van der Waals surface area (Å²) in [5.41, 5.74) is 0.758. The van der Waals surface area contributed by atoms with Crippen LogP contribution in [0.1, 0.15) is 42.7 Å². The molecule has 5 heteroatoms. The third-order valence-corrected chi connectivity index (χ3v) is 3.33. The molecule has 0 saturated heterocycles. The summed E-state index contributed by atoms with van der Waals surface area (Å²) in [5, 5.41) is 12.4. The molecule has 1 aliphatic rings. The van der Waals surface area contributed by atoms with Gasteiger partial charge in [0.25, 0.3) is 0 Å². The molecule has 1 aromatic heterocycles. The second kappa shape index (κ2) is 4.41. The molecule has 1 aliphatic carbocycles. The molecule has 1 fully saturated rings. The van der Waals surface area contributed by atoms with Crippen LogP contribution in [0.4, 0.5) is 0 Å². The minimum Gasteiger partial charge on any atom is -0.478 e. The predicted octanol–water partition coefficient (Wildman–Crippen LogP) is 1.45. The highest BCUT2D eigenvalue weighted by Gasteiger charge is 2.37. The maximum Gasteiger partial charge on any atom is 0.339 e. The minimum absolute atomic E-state index is 0.0424. The Hall–Kier alpha value is -1.49. The molecule has 2 N–H and O–H groups in total. The van der Waals surface area contributed by atoms with Crippen molar-refractivity contribution in [3.8, 4) is 0 Å². The van der Waals surface area contributed by atoms with E-state index in [1.165, 1.54) is 25.4 Å². The Bertz CT molecular complexity index is 428. The highest BCUT2D eigenvalue weighted by atomic mass is 16.4. The second-order valence-electron chi connectivity index (χ2n) is 5.04. The van der Waals surface area contributed by atoms with Crippen molar-refractivity contribution >= 4 is 5.97 Å². The molecule has 0 spiro atoms. The van der Waals surface area contributed by atoms with Gasteiger partial charge in [0.2, 0.25) is 0 Å². The average Bonchev–Trinajstić information content (AvgIpc) is 3.11. The van der Waals surface area contributed by atoms with E-state index in [1.807, 2.05) is 0 Å². The smallest absolute Gasteiger partial charge is 0.339 e. The fourth-order valence-corrected chi connectivity index (χ4v) is 1.94. The fourth-order valence-electron chi connectivity index (χ4n) is 1.94. The van der Waals surface area contributed by atoms with Crippen molar-refractivity contribution in [1.82, 2.24) is 15.3 Å². The van der Waals surface area contributed by atoms with Gasteiger partial charge < -0.3 is 10.4 Å². The number of carboxylic acids is 1. The molecule has 0 radical (unpaired) electrons. The van der Waals surface area contributed by atoms with Crippen molar-refractivity contribution in [3.63, 3.8) is 0 Å². The summed E-state index contributed by atoms with van der Waals surface area (Å²) >= 11 is 0. The van der Waals surface area contributed by atoms with Crippen molar-refractivity contribution in [2.24, 2.45) is 5.92 Å². The molecule has 1 heterocycles. The molecule has 92 valence electrons. The number of carboxylic acid groups (broad SMARTS) is 1. The number of carbonyl (C=O) groups is 1. The number of aromatic nitrogens is 2. The SMILES string of the molecule is CC(C)(NCc1ncncc1C(=O)O)C1CC1. The van der Waals surface area contributed by atoms with Crippen LogP contribution in [0.15, 0.2) is 12.5 Å². The second-order valence-corrected chi connectivity index (χ2v) is 5.04. The van der Waals surface area contributed by atoms with Crippen LogP contribution in [0.25, 0.3) is 0 Å². The lowest BCUT2D eigenvalue weighted by Crippen LogP contribution is -2.41. The van der Waals surface area contributed by atoms with Crippen molar-refractivity contribution in [2.45, 2.75) is 38.8 Å². The van der Waals surface area contributed by atoms with Crippen LogP contribution in [0.2, 0.25) is 0 Å². The topological polar surface area (TPSA) is 75.1 Å². The van der Waals surface area contributed by atoms with Crippen molar-refractivity contribution in [2.75, 3.05) is 0 Å². The highest BCUT2D eigenvalue weighted by Crippen LogP contribution is 2.39. The summed E-state index contributed by atoms with van der Waals surface area (Å²) in [7, 11) is 0. The van der Waals surface area contributed by atoms with E-state index in [0.29, 0.717) is 18.2 Å². The Labute approximate surface area is 100 Å². The van der Waals surface area contributed by atoms with Gasteiger partial charge in [0.1, 0.15) is 11.9 Å². The van der Waals surface area contributed by atoms with Crippen LogP contribution < -0.4 is 5.32 Å². The van der Waals surface area contributed by atoms with Gasteiger partial charge in [0.05, 0.1) is 5.69 Å². The van der Waals surface area contributed by atoms with Gasteiger partial charge in [-0.05, 0) is 32.6 Å². The first-order valence-electron chi connectivity index (χ1n) is 5.78. The lowest BCUT2D eigenvalue weighted by Gasteiger charge is -2.26. The van der Waals surface area contributed by atoms with Crippen molar-refractivity contribution < 1.29 is 9.90 Å². The lowest BCUT2D eigenvalue weighted by atomic mass is 9.98. The summed E-state index contributed by atoms with van der Waals surface area (Å²) in [6.45, 7) is 4.76. The summed E-state index contributed by atoms with van der Waals surface area (Å²) in [6, 6.07) is 0. The fraction of sp³-hybridized carbons (Fsp3) is 0.583. The number of hydrogen-bond donors (Lipinski definition) is 2. The zero-order valence-electron chi connectivity index (χ0n) is 10.1. The Kier molecular flexibility index (Phi) is 3.11. The van der Waals surface area contributed by atoms with Gasteiger partial charge in [-0.1, -0.05) is 0 Å². The zero-order chi connectivity index (χ0) is 12.5. The molecule has 0 unspecified atom stereocenters. The zero-order valence-corrected chi connectivity index (χ0v) is 10.1. The first-order chi connectivity index (χ1) is 8.00. The number of nitrogens with one attached hydrogen (secondary N) is 1. The standard InChI is InChI=1S/C12H17N3O2/c1-12(2,8-3-4-8)15-6-10-9(11(16)17)5-13-7-14-10/h5,7-8,15H,3-4,6H2,1-2H3,(H,16,17). The Morgan fingerprint density at radius 1 is 1.59 bits per heavy atom. The largest absolute Gasteiger partial charge is 0.478 e. The maximum atomic E-state index is 11.0. The number of aromatic carboxylic acids is 1. The van der Waals surface area contributed by atoms with Gasteiger partial charge in [0.15, 0.2) is 0 Å². The molecule has 0 bridgehead atoms. The molecule has 0 amide bonds. The number of rotatable bonds is 5. The molecule has 1 saturated carbocycles. The molecular formula is C12H17N3O2. The van der Waals surface area contributed by atoms with E-state index < -0.39 is 5.97 Å². The van der Waals surface area contributed by atoms with E-state index in [1.54, 1.807) is 0 Å². The normalized spacial score (nSPS) is 15.9. The van der Waals surface area contributed by atoms with E-state index >= 15 is 0 Å². The van der Waals surface area contributed by atoms with Gasteiger partial charge in [-0.15, -0.1) is 0 Å². The van der Waals surface area contributed by atoms with E-state index in [2.05, 4.69) is 29.1 Å². The predicted molar refractivity (Wildman–Crippen MR) is 62.6 cm³/mol. The average molecular weight is 235 g/mol. The van der Waals surface area contributed by atoms with Crippen LogP contribution in [0, 0.1) is 5.92 Å². The number of hydrogen-bond acceptors (Lipinski definition) is 4. The third kappa shape index (κ3) is 2.79. The minimum atomic E-state index is -0.980. The molecule has 17 heavy (non-hydrogen) atoms. The molecule has 0 aliphatic heterocycles. The first kappa shape index (κ1) is 12.0. The Balaban J connectivity index is 2.05. The van der Waals surface area contributed by atoms with Crippen molar-refractivity contribution in [3.05, 3.63) is 23.8 Å². The van der Waals surface area contributed by atoms with E-state index in [0.717, 1.165) is 0 Å². The van der Waals surface area contributed by atoms with Crippen LogP contribution in [0.3, 0.4) is 0 Å². The van der Waals surface area contributed by atoms with E-state index in [4.69, 9.17) is 5.11 Å². The van der Waals surface area contributed by atoms with E-state index in [9.17, 15) is 4.79 Å². The summed E-state index contributed by atoms with van der Waals surface area (Å²) in [6.07, 6.45) is 5.22. The van der Waals surface area contributed by atoms with Crippen molar-refractivity contribution in [1.29, 1.82) is 0 Å². The Morgan fingerprint density at radius 3 is 2.88 bits per heavy atom. The molecular weight excluding hydrogens is 218 g/mol. The highest BCUT2D eigenvalue weighted by molar-refractivity contribution is 5.88. The molecule has 0 aromatic carbocycles. The molecule has 0 atom stereocenters. The molecule has 2 rings (SSSR count). The van der Waals surface area contributed by atoms with Gasteiger partial charge in [-0.3, -0.25) is 0 Å². The van der Waals surface area contributed by atoms with E-state index in [-0.39, 0.29) is 11.1 Å². The van der Waals surface area contributed by atoms with Crippen LogP contribution in [0.5, 0.6) is 0 Å². The van der Waals surface area contributed by atoms with Gasteiger partial charge in [-0.2, -0.15) is 0 Å². The Morgan fingerprint density at radius 2 is 2.29 bits per heavy atom. The summed E-state index contributed by atoms with van der Waals surface area (Å²) in [5.74, 6) is -0.288. The lowest BCUT2D eigenvalue weighted by molar-refractivity contribution is 0.0694. The summed E-state index contributed by atoms with van der Waals surface area (Å²) < 4.78 is 0. The maximum absolute atomic E-state index is 11.0. The first-order valence-corrected chi connectivity index (χ1v) is 5.78. The van der Waals surface area contributed by atoms with Gasteiger partial charge in [0, 0.05) is 18.3 Å².